The van der Waals surface area contributed by atoms with Gasteiger partial charge < -0.3 is 10.6 Å². The van der Waals surface area contributed by atoms with Crippen LogP contribution < -0.4 is 10.6 Å². The zero-order valence-corrected chi connectivity index (χ0v) is 14.0. The van der Waals surface area contributed by atoms with Gasteiger partial charge in [-0.3, -0.25) is 0 Å². The van der Waals surface area contributed by atoms with E-state index < -0.39 is 0 Å². The molecule has 0 bridgehead atoms. The molecule has 0 unspecified atom stereocenters. The molecule has 118 valence electrons. The van der Waals surface area contributed by atoms with Gasteiger partial charge >= 0.3 is 0 Å². The fourth-order valence-electron chi connectivity index (χ4n) is 2.95. The summed E-state index contributed by atoms with van der Waals surface area (Å²) in [5.74, 6) is 0.526. The van der Waals surface area contributed by atoms with Gasteiger partial charge in [0.2, 0.25) is 5.96 Å². The van der Waals surface area contributed by atoms with E-state index in [1.54, 1.807) is 0 Å². The lowest BCUT2D eigenvalue weighted by molar-refractivity contribution is 0.802. The maximum Gasteiger partial charge on any atom is 0.201 e. The van der Waals surface area contributed by atoms with Gasteiger partial charge in [-0.25, -0.2) is 4.99 Å². The van der Waals surface area contributed by atoms with Crippen molar-refractivity contribution in [1.29, 1.82) is 0 Å². The monoisotopic (exact) mass is 305 g/mol. The van der Waals surface area contributed by atoms with Gasteiger partial charge in [-0.05, 0) is 51.0 Å². The fraction of sp³-hybridized carbons (Fsp3) is 0.250. The van der Waals surface area contributed by atoms with Crippen LogP contribution in [0.2, 0.25) is 0 Å². The Hall–Kier alpha value is -2.55. The molecule has 3 heteroatoms. The average molecular weight is 305 g/mol. The molecule has 0 spiro atoms. The van der Waals surface area contributed by atoms with Crippen LogP contribution in [0.3, 0.4) is 0 Å². The first-order chi connectivity index (χ1) is 11.1. The van der Waals surface area contributed by atoms with Crippen LogP contribution >= 0.6 is 0 Å². The van der Waals surface area contributed by atoms with Crippen LogP contribution in [0.1, 0.15) is 30.5 Å². The highest BCUT2D eigenvalue weighted by molar-refractivity contribution is 5.97. The average Bonchev–Trinajstić information content (AvgIpc) is 2.99. The van der Waals surface area contributed by atoms with Crippen molar-refractivity contribution >= 4 is 23.4 Å². The molecule has 1 aliphatic carbocycles. The van der Waals surface area contributed by atoms with Crippen molar-refractivity contribution < 1.29 is 0 Å². The summed E-state index contributed by atoms with van der Waals surface area (Å²) in [5.41, 5.74) is 12.1. The lowest BCUT2D eigenvalue weighted by atomic mass is 10.1. The number of nitrogens with zero attached hydrogens (tertiary/aromatic N) is 2. The Bertz CT molecular complexity index is 755. The van der Waals surface area contributed by atoms with Crippen molar-refractivity contribution in [2.24, 2.45) is 10.7 Å². The van der Waals surface area contributed by atoms with Gasteiger partial charge in [0, 0.05) is 17.3 Å². The third kappa shape index (κ3) is 3.14. The molecule has 2 N–H and O–H groups in total. The summed E-state index contributed by atoms with van der Waals surface area (Å²) in [6, 6.07) is 14.8. The second kappa shape index (κ2) is 6.29. The molecule has 3 nitrogen and oxygen atoms in total. The van der Waals surface area contributed by atoms with Gasteiger partial charge in [-0.1, -0.05) is 42.0 Å². The van der Waals surface area contributed by atoms with Crippen LogP contribution in [-0.4, -0.2) is 12.0 Å². The van der Waals surface area contributed by atoms with Crippen molar-refractivity contribution in [3.63, 3.8) is 0 Å². The molecule has 1 aliphatic rings. The normalized spacial score (nSPS) is 13.5. The maximum absolute atomic E-state index is 6.37. The highest BCUT2D eigenvalue weighted by atomic mass is 15.3. The predicted molar refractivity (Wildman–Crippen MR) is 99.3 cm³/mol. The molecule has 2 aromatic rings. The van der Waals surface area contributed by atoms with Crippen molar-refractivity contribution in [2.45, 2.75) is 33.2 Å². The summed E-state index contributed by atoms with van der Waals surface area (Å²) in [6.07, 6.45) is 5.28. The van der Waals surface area contributed by atoms with Gasteiger partial charge in [0.05, 0.1) is 5.69 Å². The molecule has 0 aromatic heterocycles. The summed E-state index contributed by atoms with van der Waals surface area (Å²) in [6.45, 7) is 6.33. The van der Waals surface area contributed by atoms with Gasteiger partial charge in [-0.2, -0.15) is 0 Å². The summed E-state index contributed by atoms with van der Waals surface area (Å²) >= 11 is 0. The highest BCUT2D eigenvalue weighted by Gasteiger charge is 2.16. The minimum atomic E-state index is 0.230. The first-order valence-corrected chi connectivity index (χ1v) is 8.05. The molecule has 0 fully saturated rings. The Balaban J connectivity index is 1.99. The van der Waals surface area contributed by atoms with E-state index in [0.29, 0.717) is 5.96 Å². The third-order valence-electron chi connectivity index (χ3n) is 4.11. The number of allylic oxidation sites excluding steroid dienone is 1. The number of nitrogens with two attached hydrogens (primary N) is 1. The lowest BCUT2D eigenvalue weighted by Gasteiger charge is -2.28. The van der Waals surface area contributed by atoms with Crippen molar-refractivity contribution in [2.75, 3.05) is 4.90 Å². The minimum absolute atomic E-state index is 0.230. The second-order valence-corrected chi connectivity index (χ2v) is 6.23. The first-order valence-electron chi connectivity index (χ1n) is 8.05. The number of anilines is 1. The molecular formula is C20H23N3. The predicted octanol–water partition coefficient (Wildman–Crippen LogP) is 4.43. The van der Waals surface area contributed by atoms with Crippen molar-refractivity contribution in [1.82, 2.24) is 0 Å². The van der Waals surface area contributed by atoms with Crippen LogP contribution in [-0.2, 0) is 6.42 Å². The Morgan fingerprint density at radius 2 is 1.87 bits per heavy atom. The van der Waals surface area contributed by atoms with E-state index in [1.807, 2.05) is 12.1 Å². The van der Waals surface area contributed by atoms with Crippen LogP contribution in [0.15, 0.2) is 53.5 Å². The molecule has 23 heavy (non-hydrogen) atoms. The van der Waals surface area contributed by atoms with E-state index in [-0.39, 0.29) is 6.04 Å². The summed E-state index contributed by atoms with van der Waals surface area (Å²) in [4.78, 5) is 6.79. The van der Waals surface area contributed by atoms with E-state index in [9.17, 15) is 0 Å². The maximum atomic E-state index is 6.37. The van der Waals surface area contributed by atoms with Gasteiger partial charge in [0.25, 0.3) is 0 Å². The first kappa shape index (κ1) is 15.3. The number of aryl methyl sites for hydroxylation is 1. The van der Waals surface area contributed by atoms with E-state index in [2.05, 4.69) is 68.2 Å². The molecule has 0 heterocycles. The number of hydrogen-bond donors (Lipinski definition) is 1. The molecule has 0 saturated heterocycles. The Kier molecular flexibility index (Phi) is 4.20. The Morgan fingerprint density at radius 1 is 1.13 bits per heavy atom. The zero-order chi connectivity index (χ0) is 16.4. The molecule has 3 rings (SSSR count). The van der Waals surface area contributed by atoms with E-state index in [4.69, 9.17) is 10.7 Å². The Morgan fingerprint density at radius 3 is 2.57 bits per heavy atom. The summed E-state index contributed by atoms with van der Waals surface area (Å²) < 4.78 is 0. The number of guanidine groups is 1. The van der Waals surface area contributed by atoms with Crippen LogP contribution in [0.4, 0.5) is 11.4 Å². The van der Waals surface area contributed by atoms with Crippen molar-refractivity contribution in [3.8, 4) is 0 Å². The largest absolute Gasteiger partial charge is 0.369 e. The molecule has 0 atom stereocenters. The molecule has 0 saturated carbocycles. The SMILES string of the molecule is Cc1ccc(N(C(N)=Nc2cccc3c2C=CC3)C(C)C)cc1. The zero-order valence-electron chi connectivity index (χ0n) is 14.0. The fourth-order valence-corrected chi connectivity index (χ4v) is 2.95. The summed E-state index contributed by atoms with van der Waals surface area (Å²) in [7, 11) is 0. The van der Waals surface area contributed by atoms with Gasteiger partial charge in [0.1, 0.15) is 0 Å². The molecule has 2 aromatic carbocycles. The topological polar surface area (TPSA) is 41.6 Å². The third-order valence-corrected chi connectivity index (χ3v) is 4.11. The number of rotatable bonds is 3. The second-order valence-electron chi connectivity index (χ2n) is 6.23. The lowest BCUT2D eigenvalue weighted by Crippen LogP contribution is -2.42. The van der Waals surface area contributed by atoms with E-state index in [1.165, 1.54) is 16.7 Å². The quantitative estimate of drug-likeness (QED) is 0.673. The molecule has 0 radical (unpaired) electrons. The van der Waals surface area contributed by atoms with Crippen LogP contribution in [0, 0.1) is 6.92 Å². The highest BCUT2D eigenvalue weighted by Crippen LogP contribution is 2.30. The van der Waals surface area contributed by atoms with Gasteiger partial charge in [-0.15, -0.1) is 0 Å². The standard InChI is InChI=1S/C20H23N3/c1-14(2)23(17-12-10-15(3)11-13-17)20(21)22-19-9-5-7-16-6-4-8-18(16)19/h4-5,7-14H,6H2,1-3H3,(H2,21,22). The van der Waals surface area contributed by atoms with Crippen molar-refractivity contribution in [3.05, 3.63) is 65.2 Å². The smallest absolute Gasteiger partial charge is 0.201 e. The van der Waals surface area contributed by atoms with Crippen LogP contribution in [0.25, 0.3) is 6.08 Å². The Labute approximate surface area is 138 Å². The van der Waals surface area contributed by atoms with E-state index >= 15 is 0 Å². The molecule has 0 aliphatic heterocycles. The summed E-state index contributed by atoms with van der Waals surface area (Å²) in [5, 5.41) is 0. The van der Waals surface area contributed by atoms with Gasteiger partial charge in [0.15, 0.2) is 0 Å². The number of fused-ring (bicyclic) bond motifs is 1. The van der Waals surface area contributed by atoms with Crippen LogP contribution in [0.5, 0.6) is 0 Å². The van der Waals surface area contributed by atoms with E-state index in [0.717, 1.165) is 17.8 Å². The minimum Gasteiger partial charge on any atom is -0.369 e. The number of hydrogen-bond acceptors (Lipinski definition) is 1. The molecule has 0 amide bonds. The number of benzene rings is 2. The molecular weight excluding hydrogens is 282 g/mol. The number of aliphatic imine (C=N–C) groups is 1.